The number of benzene rings is 1. The minimum atomic E-state index is -1.03. The summed E-state index contributed by atoms with van der Waals surface area (Å²) in [7, 11) is 1.46. The molecule has 5 rings (SSSR count). The minimum Gasteiger partial charge on any atom is -0.482 e. The van der Waals surface area contributed by atoms with Gasteiger partial charge in [0.05, 0.1) is 26.1 Å². The number of ether oxygens (including phenoxy) is 3. The van der Waals surface area contributed by atoms with Crippen LogP contribution in [-0.2, 0) is 25.7 Å². The molecule has 3 aliphatic rings. The fourth-order valence-corrected chi connectivity index (χ4v) is 5.55. The number of oxime groups is 1. The fraction of sp³-hybridized carbons (Fsp3) is 0.433. The molecule has 0 aliphatic carbocycles. The monoisotopic (exact) mass is 614 g/mol. The lowest BCUT2D eigenvalue weighted by molar-refractivity contribution is -0.150. The summed E-state index contributed by atoms with van der Waals surface area (Å²) in [4.78, 5) is 60.5. The number of nitrogens with zero attached hydrogens (tertiary/aromatic N) is 3. The zero-order chi connectivity index (χ0) is 31.6. The SMILES string of the molecule is C=C1CC[C@]2(CC(OC)=NO2)C2CN1C(=O)c1c(OCOC(=O)CCCC)c(=O)c(C(=O)NCc3ccc(F)cc3F)cn12. The molecule has 2 aromatic rings. The summed E-state index contributed by atoms with van der Waals surface area (Å²) >= 11 is 0. The fourth-order valence-electron chi connectivity index (χ4n) is 5.55. The number of nitrogens with one attached hydrogen (secondary N) is 1. The number of methoxy groups -OCH3 is 1. The van der Waals surface area contributed by atoms with Crippen LogP contribution in [0.15, 0.2) is 46.6 Å². The van der Waals surface area contributed by atoms with Crippen molar-refractivity contribution in [2.45, 2.75) is 63.6 Å². The molecule has 44 heavy (non-hydrogen) atoms. The Bertz CT molecular complexity index is 1610. The van der Waals surface area contributed by atoms with E-state index in [0.29, 0.717) is 36.9 Å². The van der Waals surface area contributed by atoms with Crippen molar-refractivity contribution in [1.82, 2.24) is 14.8 Å². The maximum absolute atomic E-state index is 14.2. The second-order valence-electron chi connectivity index (χ2n) is 10.8. The smallest absolute Gasteiger partial charge is 0.308 e. The Morgan fingerprint density at radius 1 is 1.27 bits per heavy atom. The normalized spacial score (nSPS) is 20.4. The van der Waals surface area contributed by atoms with Crippen LogP contribution >= 0.6 is 0 Å². The van der Waals surface area contributed by atoms with E-state index in [1.165, 1.54) is 28.8 Å². The molecule has 2 bridgehead atoms. The lowest BCUT2D eigenvalue weighted by Gasteiger charge is -2.41. The second-order valence-corrected chi connectivity index (χ2v) is 10.8. The predicted molar refractivity (Wildman–Crippen MR) is 151 cm³/mol. The van der Waals surface area contributed by atoms with E-state index < -0.39 is 64.6 Å². The van der Waals surface area contributed by atoms with Gasteiger partial charge in [0.15, 0.2) is 11.3 Å². The summed E-state index contributed by atoms with van der Waals surface area (Å²) in [6.45, 7) is 5.01. The highest BCUT2D eigenvalue weighted by molar-refractivity contribution is 6.00. The summed E-state index contributed by atoms with van der Waals surface area (Å²) < 4.78 is 45.2. The van der Waals surface area contributed by atoms with E-state index in [2.05, 4.69) is 17.1 Å². The first-order chi connectivity index (χ1) is 21.1. The molecule has 1 fully saturated rings. The summed E-state index contributed by atoms with van der Waals surface area (Å²) in [6, 6.07) is 2.21. The summed E-state index contributed by atoms with van der Waals surface area (Å²) in [5.74, 6) is -3.89. The number of esters is 1. The lowest BCUT2D eigenvalue weighted by Crippen LogP contribution is -2.51. The largest absolute Gasteiger partial charge is 0.482 e. The molecule has 0 saturated carbocycles. The number of rotatable bonds is 9. The molecule has 2 atom stereocenters. The molecular formula is C30H32F2N4O8. The van der Waals surface area contributed by atoms with Crippen LogP contribution in [0, 0.1) is 11.6 Å². The quantitative estimate of drug-likeness (QED) is 0.335. The van der Waals surface area contributed by atoms with Gasteiger partial charge in [-0.25, -0.2) is 8.78 Å². The Kier molecular flexibility index (Phi) is 8.70. The summed E-state index contributed by atoms with van der Waals surface area (Å²) in [5.41, 5.74) is -2.11. The van der Waals surface area contributed by atoms with E-state index in [0.717, 1.165) is 12.5 Å². The van der Waals surface area contributed by atoms with Gasteiger partial charge in [0.1, 0.15) is 17.2 Å². The molecule has 12 nitrogen and oxygen atoms in total. The van der Waals surface area contributed by atoms with Gasteiger partial charge in [0.25, 0.3) is 11.8 Å². The topological polar surface area (TPSA) is 138 Å². The van der Waals surface area contributed by atoms with Crippen LogP contribution in [0.25, 0.3) is 0 Å². The van der Waals surface area contributed by atoms with Crippen molar-refractivity contribution in [2.24, 2.45) is 5.16 Å². The second kappa shape index (κ2) is 12.5. The van der Waals surface area contributed by atoms with Gasteiger partial charge in [-0.05, 0) is 25.3 Å². The minimum absolute atomic E-state index is 0.0103. The lowest BCUT2D eigenvalue weighted by atomic mass is 9.85. The average Bonchev–Trinajstić information content (AvgIpc) is 3.38. The van der Waals surface area contributed by atoms with E-state index in [1.807, 2.05) is 6.92 Å². The number of fused-ring (bicyclic) bond motifs is 5. The Hall–Kier alpha value is -4.75. The van der Waals surface area contributed by atoms with Crippen LogP contribution in [0.4, 0.5) is 8.78 Å². The van der Waals surface area contributed by atoms with E-state index in [1.54, 1.807) is 0 Å². The van der Waals surface area contributed by atoms with Gasteiger partial charge in [-0.1, -0.05) is 31.1 Å². The molecule has 1 unspecified atom stereocenters. The molecule has 2 amide bonds. The first-order valence-electron chi connectivity index (χ1n) is 14.2. The number of hydrogen-bond donors (Lipinski definition) is 1. The number of allylic oxidation sites excluding steroid dienone is 1. The number of aromatic nitrogens is 1. The van der Waals surface area contributed by atoms with Crippen molar-refractivity contribution in [3.05, 3.63) is 75.4 Å². The zero-order valence-electron chi connectivity index (χ0n) is 24.3. The highest BCUT2D eigenvalue weighted by Crippen LogP contribution is 2.47. The van der Waals surface area contributed by atoms with Gasteiger partial charge in [-0.3, -0.25) is 19.2 Å². The standard InChI is InChI=1S/C30H32F2N4O8/c1-4-5-6-24(37)42-16-43-27-25-29(40)35-15-22(30(10-9-17(35)2)12-23(41-3)34-44-30)36(25)14-20(26(27)38)28(39)33-13-18-7-8-19(31)11-21(18)32/h7-8,11,14,22H,2,4-6,9-10,12-13,15-16H2,1,3H3,(H,33,39)/t22?,30-/m0/s1. The highest BCUT2D eigenvalue weighted by Gasteiger charge is 2.54. The maximum Gasteiger partial charge on any atom is 0.308 e. The molecular weight excluding hydrogens is 582 g/mol. The van der Waals surface area contributed by atoms with Crippen molar-refractivity contribution in [3.63, 3.8) is 0 Å². The van der Waals surface area contributed by atoms with Crippen LogP contribution in [0.5, 0.6) is 5.75 Å². The molecule has 0 radical (unpaired) electrons. The number of amides is 2. The molecule has 1 aromatic heterocycles. The van der Waals surface area contributed by atoms with Crippen LogP contribution in [-0.4, -0.2) is 59.2 Å². The molecule has 1 saturated heterocycles. The van der Waals surface area contributed by atoms with Gasteiger partial charge in [-0.2, -0.15) is 0 Å². The van der Waals surface area contributed by atoms with Crippen LogP contribution in [0.3, 0.4) is 0 Å². The van der Waals surface area contributed by atoms with E-state index in [4.69, 9.17) is 19.0 Å². The Balaban J connectivity index is 1.56. The first-order valence-corrected chi connectivity index (χ1v) is 14.2. The molecule has 1 spiro atoms. The van der Waals surface area contributed by atoms with E-state index >= 15 is 0 Å². The van der Waals surface area contributed by atoms with Crippen LogP contribution in [0.2, 0.25) is 0 Å². The molecule has 1 N–H and O–H groups in total. The molecule has 14 heteroatoms. The van der Waals surface area contributed by atoms with Crippen molar-refractivity contribution >= 4 is 23.7 Å². The molecule has 1 aromatic carbocycles. The van der Waals surface area contributed by atoms with Crippen molar-refractivity contribution in [1.29, 1.82) is 0 Å². The summed E-state index contributed by atoms with van der Waals surface area (Å²) in [6.07, 6.45) is 3.72. The zero-order valence-corrected chi connectivity index (χ0v) is 24.3. The third-order valence-corrected chi connectivity index (χ3v) is 8.03. The third-order valence-electron chi connectivity index (χ3n) is 8.03. The van der Waals surface area contributed by atoms with Gasteiger partial charge in [-0.15, -0.1) is 0 Å². The van der Waals surface area contributed by atoms with Gasteiger partial charge >= 0.3 is 5.97 Å². The number of carbonyl (C=O) groups excluding carboxylic acids is 3. The molecule has 234 valence electrons. The Morgan fingerprint density at radius 3 is 2.77 bits per heavy atom. The van der Waals surface area contributed by atoms with Crippen LogP contribution in [0.1, 0.15) is 77.9 Å². The van der Waals surface area contributed by atoms with E-state index in [-0.39, 0.29) is 37.2 Å². The van der Waals surface area contributed by atoms with E-state index in [9.17, 15) is 28.0 Å². The first kappa shape index (κ1) is 30.7. The number of unbranched alkanes of at least 4 members (excludes halogenated alkanes) is 1. The van der Waals surface area contributed by atoms with Gasteiger partial charge < -0.3 is 33.8 Å². The average molecular weight is 615 g/mol. The summed E-state index contributed by atoms with van der Waals surface area (Å²) in [5, 5.41) is 6.53. The predicted octanol–water partition coefficient (Wildman–Crippen LogP) is 3.55. The van der Waals surface area contributed by atoms with Crippen molar-refractivity contribution in [3.8, 4) is 5.75 Å². The molecule has 3 aliphatic heterocycles. The Morgan fingerprint density at radius 2 is 2.07 bits per heavy atom. The van der Waals surface area contributed by atoms with Crippen molar-refractivity contribution in [2.75, 3.05) is 20.4 Å². The third kappa shape index (κ3) is 5.75. The Labute approximate surface area is 251 Å². The molecule has 4 heterocycles. The number of halogens is 2. The highest BCUT2D eigenvalue weighted by atomic mass is 19.1. The maximum atomic E-state index is 14.2. The van der Waals surface area contributed by atoms with Crippen LogP contribution < -0.4 is 15.5 Å². The van der Waals surface area contributed by atoms with Crippen molar-refractivity contribution < 1.29 is 42.2 Å². The number of pyridine rings is 1. The van der Waals surface area contributed by atoms with Gasteiger partial charge in [0, 0.05) is 36.5 Å². The van der Waals surface area contributed by atoms with Gasteiger partial charge in [0.2, 0.25) is 23.9 Å². The number of hydrogen-bond acceptors (Lipinski definition) is 9. The number of carbonyl (C=O) groups is 3.